The second kappa shape index (κ2) is 8.54. The van der Waals surface area contributed by atoms with Crippen molar-refractivity contribution in [2.75, 3.05) is 13.7 Å². The number of aryl methyl sites for hydroxylation is 2. The first-order valence-electron chi connectivity index (χ1n) is 10.4. The third kappa shape index (κ3) is 3.88. The molecule has 0 amide bonds. The minimum absolute atomic E-state index is 0.120. The number of nitrogens with zero attached hydrogens (tertiary/aromatic N) is 1. The first-order valence-corrected chi connectivity index (χ1v) is 10.4. The second-order valence-corrected chi connectivity index (χ2v) is 7.98. The molecule has 3 aromatic rings. The Morgan fingerprint density at radius 1 is 0.966 bits per heavy atom. The molecule has 0 saturated carbocycles. The number of methoxy groups -OCH3 is 1. The molecule has 0 spiro atoms. The Balaban J connectivity index is 1.65. The Kier molecular flexibility index (Phi) is 5.86. The lowest BCUT2D eigenvalue weighted by Gasteiger charge is -2.47. The van der Waals surface area contributed by atoms with E-state index in [1.54, 1.807) is 0 Å². The van der Waals surface area contributed by atoms with Gasteiger partial charge in [0.25, 0.3) is 0 Å². The van der Waals surface area contributed by atoms with Crippen molar-refractivity contribution >= 4 is 0 Å². The molecule has 29 heavy (non-hydrogen) atoms. The second-order valence-electron chi connectivity index (χ2n) is 7.98. The van der Waals surface area contributed by atoms with Crippen LogP contribution in [0, 0.1) is 13.8 Å². The third-order valence-corrected chi connectivity index (χ3v) is 6.21. The van der Waals surface area contributed by atoms with E-state index in [9.17, 15) is 0 Å². The lowest BCUT2D eigenvalue weighted by molar-refractivity contribution is -0.0982. The summed E-state index contributed by atoms with van der Waals surface area (Å²) in [6.07, 6.45) is 0.985. The van der Waals surface area contributed by atoms with Crippen molar-refractivity contribution in [2.45, 2.75) is 44.6 Å². The summed E-state index contributed by atoms with van der Waals surface area (Å²) in [7, 11) is 1.81. The normalized spacial score (nSPS) is 24.5. The Morgan fingerprint density at radius 2 is 1.59 bits per heavy atom. The zero-order chi connectivity index (χ0) is 20.3. The molecular weight excluding hydrogens is 358 g/mol. The number of benzene rings is 2. The van der Waals surface area contributed by atoms with E-state index < -0.39 is 5.72 Å². The smallest absolute Gasteiger partial charge is 0.160 e. The van der Waals surface area contributed by atoms with Crippen molar-refractivity contribution in [3.8, 4) is 0 Å². The van der Waals surface area contributed by atoms with Gasteiger partial charge in [-0.25, -0.2) is 0 Å². The molecule has 4 nitrogen and oxygen atoms in total. The molecule has 1 saturated heterocycles. The fraction of sp³-hybridized carbons (Fsp3) is 0.360. The third-order valence-electron chi connectivity index (χ3n) is 6.21. The highest BCUT2D eigenvalue weighted by atomic mass is 16.5. The van der Waals surface area contributed by atoms with Gasteiger partial charge in [-0.05, 0) is 38.0 Å². The zero-order valence-electron chi connectivity index (χ0n) is 17.6. The van der Waals surface area contributed by atoms with Gasteiger partial charge in [-0.2, -0.15) is 0 Å². The van der Waals surface area contributed by atoms with Gasteiger partial charge in [-0.15, -0.1) is 0 Å². The maximum Gasteiger partial charge on any atom is 0.160 e. The number of ether oxygens (including phenoxy) is 1. The average Bonchev–Trinajstić information content (AvgIpc) is 3.11. The van der Waals surface area contributed by atoms with Gasteiger partial charge >= 0.3 is 0 Å². The summed E-state index contributed by atoms with van der Waals surface area (Å²) in [6.45, 7) is 6.05. The first kappa shape index (κ1) is 19.9. The lowest BCUT2D eigenvalue weighted by Crippen LogP contribution is -2.63. The van der Waals surface area contributed by atoms with E-state index in [4.69, 9.17) is 4.74 Å². The summed E-state index contributed by atoms with van der Waals surface area (Å²) in [6, 6.07) is 26.0. The lowest BCUT2D eigenvalue weighted by atomic mass is 9.85. The topological polar surface area (TPSA) is 38.2 Å². The van der Waals surface area contributed by atoms with Gasteiger partial charge in [0.05, 0.1) is 6.04 Å². The van der Waals surface area contributed by atoms with E-state index in [-0.39, 0.29) is 6.04 Å². The van der Waals surface area contributed by atoms with Gasteiger partial charge in [0.1, 0.15) is 0 Å². The SMILES string of the molecule is COC1(c2ccccc2)NCC(n2c(C)ccc2C)CC1NCc1ccccc1. The van der Waals surface area contributed by atoms with Crippen molar-refractivity contribution in [2.24, 2.45) is 0 Å². The highest BCUT2D eigenvalue weighted by Gasteiger charge is 2.45. The minimum atomic E-state index is -0.554. The number of piperidine rings is 1. The van der Waals surface area contributed by atoms with Crippen LogP contribution in [0.15, 0.2) is 72.8 Å². The highest BCUT2D eigenvalue weighted by molar-refractivity contribution is 5.27. The maximum absolute atomic E-state index is 6.21. The molecule has 3 unspecified atom stereocenters. The standard InChI is InChI=1S/C25H31N3O/c1-19-14-15-20(2)28(19)23-16-24(26-17-21-10-6-4-7-11-21)25(29-3,27-18-23)22-12-8-5-9-13-22/h4-15,23-24,26-27H,16-18H2,1-3H3. The fourth-order valence-corrected chi connectivity index (χ4v) is 4.75. The van der Waals surface area contributed by atoms with Crippen LogP contribution in [-0.4, -0.2) is 24.3 Å². The van der Waals surface area contributed by atoms with Crippen LogP contribution in [0.2, 0.25) is 0 Å². The molecule has 152 valence electrons. The number of hydrogen-bond donors (Lipinski definition) is 2. The molecule has 0 radical (unpaired) electrons. The zero-order valence-corrected chi connectivity index (χ0v) is 17.6. The molecule has 2 N–H and O–H groups in total. The molecule has 1 fully saturated rings. The van der Waals surface area contributed by atoms with Crippen molar-refractivity contribution < 1.29 is 4.74 Å². The summed E-state index contributed by atoms with van der Waals surface area (Å²) in [5.74, 6) is 0. The summed E-state index contributed by atoms with van der Waals surface area (Å²) < 4.78 is 8.66. The monoisotopic (exact) mass is 389 g/mol. The quantitative estimate of drug-likeness (QED) is 0.660. The number of nitrogens with one attached hydrogen (secondary N) is 2. The van der Waals surface area contributed by atoms with Gasteiger partial charge < -0.3 is 14.6 Å². The Morgan fingerprint density at radius 3 is 2.21 bits per heavy atom. The van der Waals surface area contributed by atoms with Crippen LogP contribution >= 0.6 is 0 Å². The highest BCUT2D eigenvalue weighted by Crippen LogP contribution is 2.36. The van der Waals surface area contributed by atoms with Gasteiger partial charge in [0.15, 0.2) is 5.72 Å². The number of aromatic nitrogens is 1. The Hall–Kier alpha value is -2.40. The van der Waals surface area contributed by atoms with E-state index in [2.05, 4.69) is 102 Å². The van der Waals surface area contributed by atoms with E-state index in [0.717, 1.165) is 25.1 Å². The largest absolute Gasteiger partial charge is 0.358 e. The van der Waals surface area contributed by atoms with Crippen molar-refractivity contribution in [3.05, 3.63) is 95.3 Å². The summed E-state index contributed by atoms with van der Waals surface area (Å²) >= 11 is 0. The van der Waals surface area contributed by atoms with E-state index in [1.807, 2.05) is 7.11 Å². The molecule has 1 aliphatic heterocycles. The molecule has 0 aliphatic carbocycles. The molecule has 3 atom stereocenters. The van der Waals surface area contributed by atoms with Crippen LogP contribution in [0.25, 0.3) is 0 Å². The fourth-order valence-electron chi connectivity index (χ4n) is 4.75. The molecule has 4 heteroatoms. The number of rotatable bonds is 6. The van der Waals surface area contributed by atoms with Gasteiger partial charge in [-0.3, -0.25) is 5.32 Å². The molecule has 2 heterocycles. The average molecular weight is 390 g/mol. The van der Waals surface area contributed by atoms with E-state index >= 15 is 0 Å². The summed E-state index contributed by atoms with van der Waals surface area (Å²) in [4.78, 5) is 0. The van der Waals surface area contributed by atoms with Crippen LogP contribution in [0.4, 0.5) is 0 Å². The van der Waals surface area contributed by atoms with Gasteiger partial charge in [0.2, 0.25) is 0 Å². The summed E-state index contributed by atoms with van der Waals surface area (Å²) in [5, 5.41) is 7.58. The molecule has 2 aromatic carbocycles. The van der Waals surface area contributed by atoms with Crippen LogP contribution < -0.4 is 10.6 Å². The first-order chi connectivity index (χ1) is 14.1. The molecule has 1 aliphatic rings. The van der Waals surface area contributed by atoms with E-state index in [1.165, 1.54) is 17.0 Å². The van der Waals surface area contributed by atoms with Crippen LogP contribution in [0.3, 0.4) is 0 Å². The van der Waals surface area contributed by atoms with Crippen molar-refractivity contribution in [1.82, 2.24) is 15.2 Å². The molecule has 0 bridgehead atoms. The predicted octanol–water partition coefficient (Wildman–Crippen LogP) is 4.30. The Labute approximate surface area is 173 Å². The Bertz CT molecular complexity index is 902. The van der Waals surface area contributed by atoms with E-state index in [0.29, 0.717) is 6.04 Å². The molecular formula is C25H31N3O. The minimum Gasteiger partial charge on any atom is -0.358 e. The van der Waals surface area contributed by atoms with Gasteiger partial charge in [0, 0.05) is 43.2 Å². The molecule has 1 aromatic heterocycles. The van der Waals surface area contributed by atoms with Crippen LogP contribution in [0.5, 0.6) is 0 Å². The van der Waals surface area contributed by atoms with Gasteiger partial charge in [-0.1, -0.05) is 60.7 Å². The molecule has 4 rings (SSSR count). The van der Waals surface area contributed by atoms with Crippen molar-refractivity contribution in [1.29, 1.82) is 0 Å². The van der Waals surface area contributed by atoms with Crippen molar-refractivity contribution in [3.63, 3.8) is 0 Å². The number of hydrogen-bond acceptors (Lipinski definition) is 3. The summed E-state index contributed by atoms with van der Waals surface area (Å²) in [5.41, 5.74) is 4.50. The predicted molar refractivity (Wildman–Crippen MR) is 118 cm³/mol. The van der Waals surface area contributed by atoms with Crippen LogP contribution in [-0.2, 0) is 17.0 Å². The maximum atomic E-state index is 6.21. The van der Waals surface area contributed by atoms with Crippen LogP contribution in [0.1, 0.15) is 35.0 Å².